The average molecular weight is 417 g/mol. The highest BCUT2D eigenvalue weighted by molar-refractivity contribution is 7.90. The summed E-state index contributed by atoms with van der Waals surface area (Å²) in [6.45, 7) is 6.11. The van der Waals surface area contributed by atoms with Crippen LogP contribution in [-0.2, 0) is 10.0 Å². The van der Waals surface area contributed by atoms with Crippen molar-refractivity contribution in [2.45, 2.75) is 57.2 Å². The number of hydrogen-bond donors (Lipinski definition) is 2. The number of para-hydroxylation sites is 1. The van der Waals surface area contributed by atoms with Crippen LogP contribution in [-0.4, -0.2) is 25.8 Å². The van der Waals surface area contributed by atoms with Crippen LogP contribution in [0.25, 0.3) is 0 Å². The van der Waals surface area contributed by atoms with Gasteiger partial charge in [-0.2, -0.15) is 0 Å². The Morgan fingerprint density at radius 1 is 0.897 bits per heavy atom. The molecule has 1 fully saturated rings. The van der Waals surface area contributed by atoms with Crippen LogP contribution in [0, 0.1) is 5.92 Å². The Labute approximate surface area is 174 Å². The number of benzene rings is 2. The summed E-state index contributed by atoms with van der Waals surface area (Å²) < 4.78 is 32.6. The minimum atomic E-state index is -3.27. The van der Waals surface area contributed by atoms with Crippen molar-refractivity contribution in [3.63, 3.8) is 0 Å². The van der Waals surface area contributed by atoms with Crippen molar-refractivity contribution >= 4 is 15.7 Å². The monoisotopic (exact) mass is 416 g/mol. The minimum Gasteiger partial charge on any atom is -0.457 e. The zero-order valence-electron chi connectivity index (χ0n) is 17.5. The lowest BCUT2D eigenvalue weighted by Gasteiger charge is -2.31. The first-order valence-electron chi connectivity index (χ1n) is 10.3. The van der Waals surface area contributed by atoms with Crippen LogP contribution in [0.2, 0.25) is 0 Å². The molecule has 2 N–H and O–H groups in total. The Balaban J connectivity index is 1.42. The molecule has 0 bridgehead atoms. The Kier molecular flexibility index (Phi) is 6.85. The van der Waals surface area contributed by atoms with Gasteiger partial charge in [-0.15, -0.1) is 0 Å². The van der Waals surface area contributed by atoms with E-state index < -0.39 is 14.8 Å². The van der Waals surface area contributed by atoms with Gasteiger partial charge in [0, 0.05) is 18.3 Å². The zero-order valence-corrected chi connectivity index (χ0v) is 18.3. The largest absolute Gasteiger partial charge is 0.457 e. The summed E-state index contributed by atoms with van der Waals surface area (Å²) in [6, 6.07) is 17.8. The van der Waals surface area contributed by atoms with Gasteiger partial charge >= 0.3 is 0 Å². The quantitative estimate of drug-likeness (QED) is 0.654. The van der Waals surface area contributed by atoms with Crippen molar-refractivity contribution in [1.29, 1.82) is 0 Å². The molecule has 1 saturated carbocycles. The van der Waals surface area contributed by atoms with Crippen molar-refractivity contribution in [3.8, 4) is 11.5 Å². The molecule has 1 aliphatic carbocycles. The first-order valence-corrected chi connectivity index (χ1v) is 11.8. The van der Waals surface area contributed by atoms with Crippen LogP contribution in [0.3, 0.4) is 0 Å². The maximum absolute atomic E-state index is 12.3. The van der Waals surface area contributed by atoms with Gasteiger partial charge in [-0.25, -0.2) is 13.1 Å². The van der Waals surface area contributed by atoms with Crippen LogP contribution in [0.4, 0.5) is 5.69 Å². The fraction of sp³-hybridized carbons (Fsp3) is 0.478. The lowest BCUT2D eigenvalue weighted by Crippen LogP contribution is -2.46. The van der Waals surface area contributed by atoms with Gasteiger partial charge in [0.2, 0.25) is 10.0 Å². The van der Waals surface area contributed by atoms with Crippen molar-refractivity contribution in [1.82, 2.24) is 4.72 Å². The summed E-state index contributed by atoms with van der Waals surface area (Å²) in [5.74, 6) is 2.20. The molecule has 3 rings (SSSR count). The van der Waals surface area contributed by atoms with Crippen molar-refractivity contribution in [3.05, 3.63) is 54.6 Å². The molecule has 0 atom stereocenters. The van der Waals surface area contributed by atoms with Crippen molar-refractivity contribution in [2.24, 2.45) is 5.92 Å². The first kappa shape index (κ1) is 21.7. The Morgan fingerprint density at radius 3 is 2.07 bits per heavy atom. The molecule has 2 aromatic carbocycles. The van der Waals surface area contributed by atoms with Gasteiger partial charge in [-0.1, -0.05) is 18.2 Å². The Morgan fingerprint density at radius 2 is 1.48 bits per heavy atom. The highest BCUT2D eigenvalue weighted by atomic mass is 32.2. The van der Waals surface area contributed by atoms with E-state index in [9.17, 15) is 8.42 Å². The van der Waals surface area contributed by atoms with Gasteiger partial charge in [0.1, 0.15) is 11.5 Å². The van der Waals surface area contributed by atoms with Gasteiger partial charge in [0.15, 0.2) is 0 Å². The Bertz CT molecular complexity index is 867. The second-order valence-electron chi connectivity index (χ2n) is 8.77. The molecule has 0 unspecified atom stereocenters. The third-order valence-electron chi connectivity index (χ3n) is 5.40. The molecular weight excluding hydrogens is 384 g/mol. The third kappa shape index (κ3) is 6.21. The van der Waals surface area contributed by atoms with E-state index in [-0.39, 0.29) is 6.04 Å². The molecule has 0 saturated heterocycles. The van der Waals surface area contributed by atoms with Gasteiger partial charge in [-0.05, 0) is 88.8 Å². The predicted octanol–water partition coefficient (Wildman–Crippen LogP) is 5.17. The molecule has 0 aliphatic heterocycles. The molecule has 0 radical (unpaired) electrons. The number of sulfonamides is 1. The fourth-order valence-electron chi connectivity index (χ4n) is 3.41. The van der Waals surface area contributed by atoms with Gasteiger partial charge in [-0.3, -0.25) is 0 Å². The molecule has 1 aliphatic rings. The SMILES string of the molecule is CC(C)(C)S(=O)(=O)NC1CCC(CNc2ccc(Oc3ccccc3)cc2)CC1. The number of hydrogen-bond acceptors (Lipinski definition) is 4. The molecule has 0 heterocycles. The number of ether oxygens (including phenoxy) is 1. The lowest BCUT2D eigenvalue weighted by molar-refractivity contribution is 0.322. The summed E-state index contributed by atoms with van der Waals surface area (Å²) in [7, 11) is -3.27. The van der Waals surface area contributed by atoms with Gasteiger partial charge < -0.3 is 10.1 Å². The number of anilines is 1. The Hall–Kier alpha value is -2.05. The van der Waals surface area contributed by atoms with E-state index in [4.69, 9.17) is 4.74 Å². The van der Waals surface area contributed by atoms with Crippen molar-refractivity contribution < 1.29 is 13.2 Å². The van der Waals surface area contributed by atoms with E-state index in [0.29, 0.717) is 5.92 Å². The van der Waals surface area contributed by atoms with Crippen LogP contribution in [0.5, 0.6) is 11.5 Å². The maximum atomic E-state index is 12.3. The normalized spacial score (nSPS) is 20.2. The van der Waals surface area contributed by atoms with E-state index in [0.717, 1.165) is 49.4 Å². The number of nitrogens with one attached hydrogen (secondary N) is 2. The predicted molar refractivity (Wildman–Crippen MR) is 119 cm³/mol. The fourth-order valence-corrected chi connectivity index (χ4v) is 4.44. The highest BCUT2D eigenvalue weighted by Crippen LogP contribution is 2.27. The molecule has 0 spiro atoms. The zero-order chi connectivity index (χ0) is 20.9. The highest BCUT2D eigenvalue weighted by Gasteiger charge is 2.32. The average Bonchev–Trinajstić information content (AvgIpc) is 2.68. The summed E-state index contributed by atoms with van der Waals surface area (Å²) in [4.78, 5) is 0. The molecule has 0 aromatic heterocycles. The standard InChI is InChI=1S/C23H32N2O3S/c1-23(2,3)29(26,27)25-20-11-9-18(10-12-20)17-24-19-13-15-22(16-14-19)28-21-7-5-4-6-8-21/h4-8,13-16,18,20,24-25H,9-12,17H2,1-3H3. The number of rotatable bonds is 7. The van der Waals surface area contributed by atoms with Gasteiger partial charge in [0.25, 0.3) is 0 Å². The molecule has 0 amide bonds. The summed E-state index contributed by atoms with van der Waals surface area (Å²) in [6.07, 6.45) is 3.84. The van der Waals surface area contributed by atoms with Crippen molar-refractivity contribution in [2.75, 3.05) is 11.9 Å². The third-order valence-corrected chi connectivity index (χ3v) is 7.66. The van der Waals surface area contributed by atoms with Crippen LogP contribution >= 0.6 is 0 Å². The van der Waals surface area contributed by atoms with Crippen LogP contribution < -0.4 is 14.8 Å². The first-order chi connectivity index (χ1) is 13.7. The second-order valence-corrected chi connectivity index (χ2v) is 11.2. The lowest BCUT2D eigenvalue weighted by atomic mass is 9.86. The smallest absolute Gasteiger partial charge is 0.216 e. The summed E-state index contributed by atoms with van der Waals surface area (Å²) >= 11 is 0. The molecule has 29 heavy (non-hydrogen) atoms. The maximum Gasteiger partial charge on any atom is 0.216 e. The second kappa shape index (κ2) is 9.18. The van der Waals surface area contributed by atoms with E-state index in [1.165, 1.54) is 0 Å². The van der Waals surface area contributed by atoms with E-state index in [1.807, 2.05) is 54.6 Å². The molecule has 2 aromatic rings. The molecular formula is C23H32N2O3S. The van der Waals surface area contributed by atoms with Crippen LogP contribution in [0.15, 0.2) is 54.6 Å². The van der Waals surface area contributed by atoms with E-state index in [1.54, 1.807) is 20.8 Å². The van der Waals surface area contributed by atoms with E-state index in [2.05, 4.69) is 10.0 Å². The van der Waals surface area contributed by atoms with Crippen LogP contribution in [0.1, 0.15) is 46.5 Å². The van der Waals surface area contributed by atoms with E-state index >= 15 is 0 Å². The van der Waals surface area contributed by atoms with Gasteiger partial charge in [0.05, 0.1) is 4.75 Å². The molecule has 5 nitrogen and oxygen atoms in total. The summed E-state index contributed by atoms with van der Waals surface area (Å²) in [5, 5.41) is 3.50. The molecule has 158 valence electrons. The minimum absolute atomic E-state index is 0.0601. The molecule has 6 heteroatoms. The summed E-state index contributed by atoms with van der Waals surface area (Å²) in [5.41, 5.74) is 1.07. The topological polar surface area (TPSA) is 67.4 Å².